The molecule has 0 radical (unpaired) electrons. The van der Waals surface area contributed by atoms with Crippen molar-refractivity contribution < 1.29 is 19.2 Å². The first kappa shape index (κ1) is 16.4. The molecule has 2 aromatic rings. The molecule has 0 aliphatic rings. The van der Waals surface area contributed by atoms with Crippen LogP contribution in [0.1, 0.15) is 28.3 Å². The molecule has 1 atom stereocenters. The number of hydrogen-bond donors (Lipinski definition) is 0. The fourth-order valence-electron chi connectivity index (χ4n) is 2.24. The number of esters is 1. The molecule has 23 heavy (non-hydrogen) atoms. The highest BCUT2D eigenvalue weighted by Gasteiger charge is 2.25. The van der Waals surface area contributed by atoms with Crippen molar-refractivity contribution in [1.82, 2.24) is 0 Å². The maximum atomic E-state index is 12.4. The summed E-state index contributed by atoms with van der Waals surface area (Å²) in [5, 5.41) is 10.6. The monoisotopic (exact) mass is 313 g/mol. The summed E-state index contributed by atoms with van der Waals surface area (Å²) in [7, 11) is 1.27. The number of carbonyl (C=O) groups excluding carboxylic acids is 2. The lowest BCUT2D eigenvalue weighted by Gasteiger charge is -2.14. The van der Waals surface area contributed by atoms with Crippen molar-refractivity contribution in [3.63, 3.8) is 0 Å². The number of rotatable bonds is 6. The smallest absolute Gasteiger partial charge is 0.313 e. The van der Waals surface area contributed by atoms with Crippen molar-refractivity contribution in [3.8, 4) is 0 Å². The number of Topliss-reactive ketones (excluding diaryl/α,β-unsaturated/α-hetero) is 1. The van der Waals surface area contributed by atoms with Crippen LogP contribution >= 0.6 is 0 Å². The third-order valence-corrected chi connectivity index (χ3v) is 3.48. The Labute approximate surface area is 132 Å². The van der Waals surface area contributed by atoms with E-state index < -0.39 is 16.8 Å². The van der Waals surface area contributed by atoms with Crippen LogP contribution in [-0.2, 0) is 9.53 Å². The van der Waals surface area contributed by atoms with Crippen LogP contribution in [0.2, 0.25) is 0 Å². The first-order chi connectivity index (χ1) is 11.0. The quantitative estimate of drug-likeness (QED) is 0.354. The van der Waals surface area contributed by atoms with Gasteiger partial charge in [0.05, 0.1) is 18.0 Å². The lowest BCUT2D eigenvalue weighted by atomic mass is 9.91. The Morgan fingerprint density at radius 2 is 1.70 bits per heavy atom. The van der Waals surface area contributed by atoms with Crippen LogP contribution in [0, 0.1) is 10.1 Å². The molecule has 2 rings (SSSR count). The van der Waals surface area contributed by atoms with Gasteiger partial charge in [0.1, 0.15) is 0 Å². The number of benzene rings is 2. The molecule has 6 heteroatoms. The van der Waals surface area contributed by atoms with Gasteiger partial charge in [-0.15, -0.1) is 0 Å². The second-order valence-electron chi connectivity index (χ2n) is 4.92. The van der Waals surface area contributed by atoms with Crippen LogP contribution in [0.3, 0.4) is 0 Å². The average Bonchev–Trinajstić information content (AvgIpc) is 2.59. The third kappa shape index (κ3) is 4.00. The summed E-state index contributed by atoms with van der Waals surface area (Å²) in [6.45, 7) is 0. The molecule has 0 saturated heterocycles. The van der Waals surface area contributed by atoms with Gasteiger partial charge >= 0.3 is 5.97 Å². The Morgan fingerprint density at radius 3 is 2.22 bits per heavy atom. The maximum absolute atomic E-state index is 12.4. The van der Waals surface area contributed by atoms with Gasteiger partial charge in [0.25, 0.3) is 5.69 Å². The van der Waals surface area contributed by atoms with E-state index in [2.05, 4.69) is 0 Å². The number of hydrogen-bond acceptors (Lipinski definition) is 5. The Hall–Kier alpha value is -3.02. The van der Waals surface area contributed by atoms with Gasteiger partial charge in [-0.25, -0.2) is 0 Å². The van der Waals surface area contributed by atoms with E-state index in [1.807, 2.05) is 6.07 Å². The van der Waals surface area contributed by atoms with Crippen molar-refractivity contribution in [1.29, 1.82) is 0 Å². The van der Waals surface area contributed by atoms with E-state index in [0.29, 0.717) is 11.1 Å². The van der Waals surface area contributed by atoms with Gasteiger partial charge in [0.15, 0.2) is 5.78 Å². The topological polar surface area (TPSA) is 86.5 Å². The number of non-ortho nitro benzene ring substituents is 1. The highest BCUT2D eigenvalue weighted by atomic mass is 16.6. The predicted octanol–water partition coefficient (Wildman–Crippen LogP) is 3.12. The summed E-state index contributed by atoms with van der Waals surface area (Å²) in [5.41, 5.74) is 0.921. The third-order valence-electron chi connectivity index (χ3n) is 3.48. The lowest BCUT2D eigenvalue weighted by molar-refractivity contribution is -0.384. The van der Waals surface area contributed by atoms with Crippen molar-refractivity contribution in [3.05, 3.63) is 75.8 Å². The Bertz CT molecular complexity index is 710. The Kier molecular flexibility index (Phi) is 5.19. The van der Waals surface area contributed by atoms with E-state index >= 15 is 0 Å². The fraction of sp³-hybridized carbons (Fsp3) is 0.176. The second kappa shape index (κ2) is 7.31. The number of nitro groups is 1. The molecule has 0 aromatic heterocycles. The Balaban J connectivity index is 2.20. The second-order valence-corrected chi connectivity index (χ2v) is 4.92. The molecule has 0 aliphatic carbocycles. The van der Waals surface area contributed by atoms with Gasteiger partial charge in [-0.3, -0.25) is 19.7 Å². The summed E-state index contributed by atoms with van der Waals surface area (Å²) < 4.78 is 4.77. The van der Waals surface area contributed by atoms with E-state index in [0.717, 1.165) is 0 Å². The highest BCUT2D eigenvalue weighted by Crippen LogP contribution is 2.24. The molecule has 118 valence electrons. The van der Waals surface area contributed by atoms with Crippen LogP contribution in [0.15, 0.2) is 54.6 Å². The summed E-state index contributed by atoms with van der Waals surface area (Å²) in [6.07, 6.45) is -0.0610. The SMILES string of the molecule is COC(=O)C(CC(=O)c1ccc([N+](=O)[O-])cc1)c1ccccc1. The average molecular weight is 313 g/mol. The van der Waals surface area contributed by atoms with Crippen LogP contribution in [0.4, 0.5) is 5.69 Å². The van der Waals surface area contributed by atoms with Crippen LogP contribution in [-0.4, -0.2) is 23.8 Å². The van der Waals surface area contributed by atoms with Gasteiger partial charge in [-0.1, -0.05) is 30.3 Å². The van der Waals surface area contributed by atoms with E-state index in [1.165, 1.54) is 31.4 Å². The van der Waals surface area contributed by atoms with Gasteiger partial charge < -0.3 is 4.74 Å². The predicted molar refractivity (Wildman–Crippen MR) is 83.2 cm³/mol. The summed E-state index contributed by atoms with van der Waals surface area (Å²) in [4.78, 5) is 34.4. The minimum Gasteiger partial charge on any atom is -0.469 e. The number of carbonyl (C=O) groups is 2. The number of methoxy groups -OCH3 is 1. The van der Waals surface area contributed by atoms with Crippen LogP contribution < -0.4 is 0 Å². The molecule has 1 unspecified atom stereocenters. The largest absolute Gasteiger partial charge is 0.469 e. The van der Waals surface area contributed by atoms with E-state index in [9.17, 15) is 19.7 Å². The van der Waals surface area contributed by atoms with Crippen molar-refractivity contribution in [2.75, 3.05) is 7.11 Å². The fourth-order valence-corrected chi connectivity index (χ4v) is 2.24. The molecule has 2 aromatic carbocycles. The zero-order valence-electron chi connectivity index (χ0n) is 12.5. The summed E-state index contributed by atoms with van der Waals surface area (Å²) in [5.74, 6) is -1.48. The first-order valence-electron chi connectivity index (χ1n) is 6.93. The molecule has 0 saturated carbocycles. The molecule has 0 heterocycles. The summed E-state index contributed by atoms with van der Waals surface area (Å²) >= 11 is 0. The maximum Gasteiger partial charge on any atom is 0.313 e. The van der Waals surface area contributed by atoms with E-state index in [-0.39, 0.29) is 17.9 Å². The molecule has 0 bridgehead atoms. The Morgan fingerprint density at radius 1 is 1.09 bits per heavy atom. The van der Waals surface area contributed by atoms with Crippen molar-refractivity contribution in [2.45, 2.75) is 12.3 Å². The van der Waals surface area contributed by atoms with Crippen molar-refractivity contribution in [2.24, 2.45) is 0 Å². The number of nitrogens with zero attached hydrogens (tertiary/aromatic N) is 1. The minimum atomic E-state index is -0.705. The first-order valence-corrected chi connectivity index (χ1v) is 6.93. The molecular weight excluding hydrogens is 298 g/mol. The van der Waals surface area contributed by atoms with E-state index in [1.54, 1.807) is 24.3 Å². The molecular formula is C17H15NO5. The van der Waals surface area contributed by atoms with Crippen LogP contribution in [0.25, 0.3) is 0 Å². The number of nitro benzene ring substituents is 1. The molecule has 0 amide bonds. The van der Waals surface area contributed by atoms with Gasteiger partial charge in [-0.05, 0) is 17.7 Å². The van der Waals surface area contributed by atoms with Gasteiger partial charge in [0.2, 0.25) is 0 Å². The van der Waals surface area contributed by atoms with E-state index in [4.69, 9.17) is 4.74 Å². The zero-order valence-corrected chi connectivity index (χ0v) is 12.5. The zero-order chi connectivity index (χ0) is 16.8. The molecule has 0 N–H and O–H groups in total. The summed E-state index contributed by atoms with van der Waals surface area (Å²) in [6, 6.07) is 14.2. The van der Waals surface area contributed by atoms with Gasteiger partial charge in [0, 0.05) is 24.1 Å². The normalized spacial score (nSPS) is 11.5. The highest BCUT2D eigenvalue weighted by molar-refractivity contribution is 5.99. The van der Waals surface area contributed by atoms with Gasteiger partial charge in [-0.2, -0.15) is 0 Å². The van der Waals surface area contributed by atoms with Crippen molar-refractivity contribution >= 4 is 17.4 Å². The molecule has 6 nitrogen and oxygen atoms in total. The number of ether oxygens (including phenoxy) is 1. The van der Waals surface area contributed by atoms with Crippen LogP contribution in [0.5, 0.6) is 0 Å². The lowest BCUT2D eigenvalue weighted by Crippen LogP contribution is -2.18. The standard InChI is InChI=1S/C17H15NO5/c1-23-17(20)15(12-5-3-2-4-6-12)11-16(19)13-7-9-14(10-8-13)18(21)22/h2-10,15H,11H2,1H3. The molecule has 0 spiro atoms. The number of ketones is 1. The molecule has 0 fully saturated rings. The minimum absolute atomic E-state index is 0.0610. The molecule has 0 aliphatic heterocycles.